The van der Waals surface area contributed by atoms with Gasteiger partial charge in [-0.2, -0.15) is 0 Å². The van der Waals surface area contributed by atoms with Crippen molar-refractivity contribution in [2.75, 3.05) is 19.8 Å². The zero-order valence-electron chi connectivity index (χ0n) is 32.1. The molecule has 0 heterocycles. The highest BCUT2D eigenvalue weighted by molar-refractivity contribution is 7.38. The summed E-state index contributed by atoms with van der Waals surface area (Å²) in [6.45, 7) is 14.9. The van der Waals surface area contributed by atoms with Crippen molar-refractivity contribution in [1.82, 2.24) is 0 Å². The first-order valence-corrected chi connectivity index (χ1v) is 20.9. The van der Waals surface area contributed by atoms with Gasteiger partial charge in [0.2, 0.25) is 0 Å². The Morgan fingerprint density at radius 1 is 0.283 bits per heavy atom. The van der Waals surface area contributed by atoms with Gasteiger partial charge in [0.05, 0.1) is 0 Å². The number of rotatable bonds is 30. The largest absolute Gasteiger partial charge is 0.396 e. The van der Waals surface area contributed by atoms with Gasteiger partial charge in [0.15, 0.2) is 0 Å². The van der Waals surface area contributed by atoms with E-state index in [1.807, 2.05) is 0 Å². The molecule has 0 amide bonds. The van der Waals surface area contributed by atoms with Crippen LogP contribution in [-0.2, 0) is 0 Å². The molecule has 6 N–H and O–H groups in total. The number of hydrogen-bond donors (Lipinski definition) is 6. The first kappa shape index (κ1) is 53.0. The van der Waals surface area contributed by atoms with Crippen molar-refractivity contribution in [3.8, 4) is 0 Å². The molecule has 0 aromatic heterocycles. The molecule has 0 aromatic carbocycles. The van der Waals surface area contributed by atoms with Crippen LogP contribution in [0.4, 0.5) is 0 Å². The minimum absolute atomic E-state index is 0.369. The van der Waals surface area contributed by atoms with Crippen molar-refractivity contribution < 1.29 is 30.0 Å². The van der Waals surface area contributed by atoms with Crippen molar-refractivity contribution >= 4 is 8.60 Å². The Labute approximate surface area is 290 Å². The molecule has 6 nitrogen and oxygen atoms in total. The van der Waals surface area contributed by atoms with Gasteiger partial charge in [-0.25, -0.2) is 0 Å². The van der Waals surface area contributed by atoms with E-state index in [1.165, 1.54) is 154 Å². The smallest absolute Gasteiger partial charge is 0.324 e. The molecule has 0 bridgehead atoms. The van der Waals surface area contributed by atoms with Crippen molar-refractivity contribution in [2.45, 2.75) is 215 Å². The van der Waals surface area contributed by atoms with Crippen LogP contribution in [0.1, 0.15) is 215 Å². The average molecular weight is 683 g/mol. The minimum Gasteiger partial charge on any atom is -0.396 e. The Hall–Kier alpha value is 0.190. The summed E-state index contributed by atoms with van der Waals surface area (Å²) in [6, 6.07) is 0. The maximum atomic E-state index is 8.59. The van der Waals surface area contributed by atoms with E-state index in [0.717, 1.165) is 37.0 Å². The van der Waals surface area contributed by atoms with Crippen LogP contribution in [0.5, 0.6) is 0 Å². The lowest BCUT2D eigenvalue weighted by Crippen LogP contribution is -1.87. The second kappa shape index (κ2) is 49.6. The lowest BCUT2D eigenvalue weighted by Gasteiger charge is -2.04. The van der Waals surface area contributed by atoms with Crippen LogP contribution in [0.3, 0.4) is 0 Å². The number of unbranched alkanes of at least 4 members (excludes halogenated alkanes) is 21. The van der Waals surface area contributed by atoms with Crippen molar-refractivity contribution in [3.05, 3.63) is 0 Å². The Kier molecular flexibility index (Phi) is 57.1. The second-order valence-electron chi connectivity index (χ2n) is 14.5. The Balaban J connectivity index is -0.000000271. The normalized spacial score (nSPS) is 11.0. The van der Waals surface area contributed by atoms with E-state index in [-0.39, 0.29) is 0 Å². The predicted octanol–water partition coefficient (Wildman–Crippen LogP) is 11.6. The minimum atomic E-state index is -2.62. The molecule has 0 fully saturated rings. The van der Waals surface area contributed by atoms with Crippen LogP contribution in [0.15, 0.2) is 0 Å². The van der Waals surface area contributed by atoms with E-state index < -0.39 is 8.60 Å². The maximum absolute atomic E-state index is 8.59. The first-order chi connectivity index (χ1) is 22.0. The molecule has 46 heavy (non-hydrogen) atoms. The molecule has 0 aliphatic heterocycles. The first-order valence-electron chi connectivity index (χ1n) is 19.7. The monoisotopic (exact) mass is 683 g/mol. The highest BCUT2D eigenvalue weighted by atomic mass is 31.2. The van der Waals surface area contributed by atoms with E-state index in [1.54, 1.807) is 0 Å². The number of aliphatic hydroxyl groups excluding tert-OH is 3. The fourth-order valence-corrected chi connectivity index (χ4v) is 5.18. The van der Waals surface area contributed by atoms with E-state index in [4.69, 9.17) is 30.0 Å². The fraction of sp³-hybridized carbons (Fsp3) is 1.00. The summed E-state index contributed by atoms with van der Waals surface area (Å²) in [7, 11) is -2.62. The van der Waals surface area contributed by atoms with Gasteiger partial charge in [-0.15, -0.1) is 0 Å². The Morgan fingerprint density at radius 2 is 0.413 bits per heavy atom. The highest BCUT2D eigenvalue weighted by Gasteiger charge is 1.97. The van der Waals surface area contributed by atoms with Crippen LogP contribution in [0.25, 0.3) is 0 Å². The zero-order chi connectivity index (χ0) is 35.5. The van der Waals surface area contributed by atoms with Crippen molar-refractivity contribution in [1.29, 1.82) is 0 Å². The molecule has 0 saturated carbocycles. The molecule has 7 heteroatoms. The maximum Gasteiger partial charge on any atom is 0.324 e. The molecule has 0 aliphatic carbocycles. The third kappa shape index (κ3) is 74.8. The standard InChI is InChI=1S/3C13H28O.H3O3P/c3*1-13(2)11-9-7-5-3-4-6-8-10-12-14;1-4(2)3/h3*13-14H,3-12H2,1-2H3;1-3H. The summed E-state index contributed by atoms with van der Waals surface area (Å²) in [5.74, 6) is 2.62. The molecule has 284 valence electrons. The van der Waals surface area contributed by atoms with Gasteiger partial charge in [0.25, 0.3) is 0 Å². The van der Waals surface area contributed by atoms with Crippen molar-refractivity contribution in [3.63, 3.8) is 0 Å². The van der Waals surface area contributed by atoms with Crippen LogP contribution in [-0.4, -0.2) is 49.8 Å². The lowest BCUT2D eigenvalue weighted by molar-refractivity contribution is 0.282. The summed E-state index contributed by atoms with van der Waals surface area (Å²) in [5, 5.41) is 25.8. The van der Waals surface area contributed by atoms with Gasteiger partial charge in [0.1, 0.15) is 0 Å². The van der Waals surface area contributed by atoms with E-state index in [0.29, 0.717) is 19.8 Å². The van der Waals surface area contributed by atoms with Gasteiger partial charge in [-0.1, -0.05) is 196 Å². The molecule has 0 rings (SSSR count). The quantitative estimate of drug-likeness (QED) is 0.0331. The van der Waals surface area contributed by atoms with Gasteiger partial charge >= 0.3 is 8.60 Å². The third-order valence-corrected chi connectivity index (χ3v) is 8.07. The predicted molar refractivity (Wildman–Crippen MR) is 204 cm³/mol. The fourth-order valence-electron chi connectivity index (χ4n) is 5.18. The SMILES string of the molecule is CC(C)CCCCCCCCCCO.CC(C)CCCCCCCCCCO.CC(C)CCCCCCCCCCO.OP(O)O. The van der Waals surface area contributed by atoms with Gasteiger partial charge in [0, 0.05) is 19.8 Å². The van der Waals surface area contributed by atoms with E-state index in [9.17, 15) is 0 Å². The summed E-state index contributed by atoms with van der Waals surface area (Å²) < 4.78 is 0. The lowest BCUT2D eigenvalue weighted by atomic mass is 10.0. The third-order valence-electron chi connectivity index (χ3n) is 8.07. The summed E-state index contributed by atoms with van der Waals surface area (Å²) in [5.41, 5.74) is 0. The molecule has 0 saturated heterocycles. The topological polar surface area (TPSA) is 121 Å². The summed E-state index contributed by atoms with van der Waals surface area (Å²) >= 11 is 0. The Bertz CT molecular complexity index is 413. The molecule has 0 radical (unpaired) electrons. The van der Waals surface area contributed by atoms with Crippen LogP contribution < -0.4 is 0 Å². The zero-order valence-corrected chi connectivity index (χ0v) is 33.0. The number of hydrogen-bond acceptors (Lipinski definition) is 6. The molecule has 0 aromatic rings. The molecular weight excluding hydrogens is 595 g/mol. The van der Waals surface area contributed by atoms with Crippen molar-refractivity contribution in [2.24, 2.45) is 17.8 Å². The molecular formula is C39H87O6P. The molecule has 0 unspecified atom stereocenters. The Morgan fingerprint density at radius 3 is 0.543 bits per heavy atom. The number of aliphatic hydroxyl groups is 3. The highest BCUT2D eigenvalue weighted by Crippen LogP contribution is 2.14. The second-order valence-corrected chi connectivity index (χ2v) is 15.0. The molecule has 0 aliphatic rings. The van der Waals surface area contributed by atoms with Gasteiger partial charge in [-0.05, 0) is 37.0 Å². The molecule has 0 spiro atoms. The molecule has 0 atom stereocenters. The van der Waals surface area contributed by atoms with E-state index in [2.05, 4.69) is 41.5 Å². The van der Waals surface area contributed by atoms with Gasteiger partial charge < -0.3 is 30.0 Å². The summed E-state index contributed by atoms with van der Waals surface area (Å²) in [6.07, 6.45) is 35.7. The average Bonchev–Trinajstić information content (AvgIpc) is 2.98. The van der Waals surface area contributed by atoms with Gasteiger partial charge in [-0.3, -0.25) is 0 Å². The summed E-state index contributed by atoms with van der Waals surface area (Å²) in [4.78, 5) is 21.7. The van der Waals surface area contributed by atoms with E-state index >= 15 is 0 Å². The van der Waals surface area contributed by atoms with Crippen LogP contribution in [0, 0.1) is 17.8 Å². The van der Waals surface area contributed by atoms with Crippen LogP contribution in [0.2, 0.25) is 0 Å². The van der Waals surface area contributed by atoms with Crippen LogP contribution >= 0.6 is 8.60 Å².